The van der Waals surface area contributed by atoms with E-state index in [0.717, 1.165) is 0 Å². The number of aliphatic hydroxyl groups is 1. The topological polar surface area (TPSA) is 58.6 Å². The third-order valence-electron chi connectivity index (χ3n) is 3.35. The molecule has 0 heterocycles. The van der Waals surface area contributed by atoms with Crippen LogP contribution in [0, 0.1) is 17.3 Å². The van der Waals surface area contributed by atoms with Crippen molar-refractivity contribution in [3.63, 3.8) is 0 Å². The number of hydrogen-bond donors (Lipinski definition) is 2. The lowest BCUT2D eigenvalue weighted by atomic mass is 10.1. The molecule has 0 aromatic rings. The third-order valence-corrected chi connectivity index (χ3v) is 3.35. The predicted molar refractivity (Wildman–Crippen MR) is 62.1 cm³/mol. The lowest BCUT2D eigenvalue weighted by Gasteiger charge is -2.19. The zero-order chi connectivity index (χ0) is 12.6. The molecule has 1 fully saturated rings. The van der Waals surface area contributed by atoms with E-state index in [1.54, 1.807) is 0 Å². The van der Waals surface area contributed by atoms with Crippen molar-refractivity contribution < 1.29 is 14.6 Å². The van der Waals surface area contributed by atoms with Gasteiger partial charge in [0.1, 0.15) is 5.60 Å². The first-order valence-electron chi connectivity index (χ1n) is 5.76. The summed E-state index contributed by atoms with van der Waals surface area (Å²) in [5, 5.41) is 11.9. The molecule has 0 bridgehead atoms. The van der Waals surface area contributed by atoms with Gasteiger partial charge in [0.25, 0.3) is 0 Å². The Morgan fingerprint density at radius 1 is 1.38 bits per heavy atom. The summed E-state index contributed by atoms with van der Waals surface area (Å²) in [6.45, 7) is 10.5. The van der Waals surface area contributed by atoms with E-state index >= 15 is 0 Å². The van der Waals surface area contributed by atoms with Crippen molar-refractivity contribution >= 4 is 6.09 Å². The van der Waals surface area contributed by atoms with Crippen LogP contribution in [0.2, 0.25) is 0 Å². The highest BCUT2D eigenvalue weighted by atomic mass is 16.6. The molecule has 2 N–H and O–H groups in total. The maximum Gasteiger partial charge on any atom is 0.407 e. The van der Waals surface area contributed by atoms with Crippen LogP contribution in [0.15, 0.2) is 0 Å². The first-order valence-corrected chi connectivity index (χ1v) is 5.76. The minimum Gasteiger partial charge on any atom is -0.444 e. The molecule has 0 aromatic carbocycles. The Morgan fingerprint density at radius 2 is 1.94 bits per heavy atom. The van der Waals surface area contributed by atoms with Gasteiger partial charge < -0.3 is 15.2 Å². The highest BCUT2D eigenvalue weighted by Gasteiger charge is 2.56. The minimum absolute atomic E-state index is 0.129. The summed E-state index contributed by atoms with van der Waals surface area (Å²) in [7, 11) is 0. The van der Waals surface area contributed by atoms with Gasteiger partial charge in [-0.15, -0.1) is 0 Å². The number of ether oxygens (including phenoxy) is 1. The molecule has 1 rings (SSSR count). The van der Waals surface area contributed by atoms with E-state index in [2.05, 4.69) is 19.2 Å². The Bertz CT molecular complexity index is 268. The molecule has 0 radical (unpaired) electrons. The molecule has 0 aliphatic heterocycles. The summed E-state index contributed by atoms with van der Waals surface area (Å²) < 4.78 is 5.14. The van der Waals surface area contributed by atoms with Crippen LogP contribution in [0.4, 0.5) is 4.79 Å². The summed E-state index contributed by atoms with van der Waals surface area (Å²) in [5.41, 5.74) is -0.330. The van der Waals surface area contributed by atoms with Crippen LogP contribution in [0.25, 0.3) is 0 Å². The van der Waals surface area contributed by atoms with Crippen LogP contribution >= 0.6 is 0 Å². The monoisotopic (exact) mass is 229 g/mol. The van der Waals surface area contributed by atoms with Crippen molar-refractivity contribution in [3.8, 4) is 0 Å². The molecular formula is C12H23NO3. The molecular weight excluding hydrogens is 206 g/mol. The number of aliphatic hydroxyl groups excluding tert-OH is 1. The van der Waals surface area contributed by atoms with E-state index < -0.39 is 5.60 Å². The number of hydrogen-bond acceptors (Lipinski definition) is 3. The largest absolute Gasteiger partial charge is 0.444 e. The molecule has 0 unspecified atom stereocenters. The fourth-order valence-electron chi connectivity index (χ4n) is 2.13. The molecule has 1 aliphatic carbocycles. The van der Waals surface area contributed by atoms with E-state index in [0.29, 0.717) is 18.4 Å². The third kappa shape index (κ3) is 3.11. The molecule has 1 amide bonds. The van der Waals surface area contributed by atoms with Crippen molar-refractivity contribution in [2.75, 3.05) is 13.2 Å². The summed E-state index contributed by atoms with van der Waals surface area (Å²) in [6.07, 6.45) is -0.383. The second-order valence-electron chi connectivity index (χ2n) is 6.10. The Kier molecular flexibility index (Phi) is 3.53. The number of nitrogens with one attached hydrogen (secondary N) is 1. The smallest absolute Gasteiger partial charge is 0.407 e. The normalized spacial score (nSPS) is 27.4. The highest BCUT2D eigenvalue weighted by Crippen LogP contribution is 2.57. The summed E-state index contributed by atoms with van der Waals surface area (Å²) >= 11 is 0. The van der Waals surface area contributed by atoms with Crippen LogP contribution in [0.3, 0.4) is 0 Å². The van der Waals surface area contributed by atoms with E-state index in [9.17, 15) is 4.79 Å². The molecule has 1 aliphatic rings. The molecule has 0 aromatic heterocycles. The Morgan fingerprint density at radius 3 is 2.31 bits per heavy atom. The molecule has 16 heavy (non-hydrogen) atoms. The molecule has 1 saturated carbocycles. The summed E-state index contributed by atoms with van der Waals surface area (Å²) in [4.78, 5) is 11.4. The van der Waals surface area contributed by atoms with Crippen molar-refractivity contribution in [1.82, 2.24) is 5.32 Å². The summed E-state index contributed by atoms with van der Waals surface area (Å²) in [5.74, 6) is 0.646. The molecule has 4 heteroatoms. The van der Waals surface area contributed by atoms with E-state index in [4.69, 9.17) is 9.84 Å². The zero-order valence-electron chi connectivity index (χ0n) is 10.8. The standard InChI is InChI=1S/C12H23NO3/c1-11(2,3)16-10(15)13-6-8-9(7-14)12(8,4)5/h8-9,14H,6-7H2,1-5H3,(H,13,15)/t8-,9-/m1/s1. The second kappa shape index (κ2) is 4.24. The highest BCUT2D eigenvalue weighted by molar-refractivity contribution is 5.67. The van der Waals surface area contributed by atoms with Crippen molar-refractivity contribution in [2.45, 2.75) is 40.2 Å². The Balaban J connectivity index is 2.29. The quantitative estimate of drug-likeness (QED) is 0.775. The van der Waals surface area contributed by atoms with Gasteiger partial charge in [0.2, 0.25) is 0 Å². The molecule has 0 spiro atoms. The van der Waals surface area contributed by atoms with Crippen LogP contribution < -0.4 is 5.32 Å². The van der Waals surface area contributed by atoms with Gasteiger partial charge in [-0.25, -0.2) is 4.79 Å². The lowest BCUT2D eigenvalue weighted by molar-refractivity contribution is 0.0523. The van der Waals surface area contributed by atoms with Crippen molar-refractivity contribution in [2.24, 2.45) is 17.3 Å². The average Bonchev–Trinajstić information content (AvgIpc) is 2.60. The molecule has 2 atom stereocenters. The molecule has 94 valence electrons. The van der Waals surface area contributed by atoms with Gasteiger partial charge in [-0.1, -0.05) is 13.8 Å². The van der Waals surface area contributed by atoms with Crippen LogP contribution in [-0.2, 0) is 4.74 Å². The van der Waals surface area contributed by atoms with Crippen LogP contribution in [0.1, 0.15) is 34.6 Å². The average molecular weight is 229 g/mol. The van der Waals surface area contributed by atoms with Gasteiger partial charge in [-0.2, -0.15) is 0 Å². The maximum absolute atomic E-state index is 11.4. The molecule has 4 nitrogen and oxygen atoms in total. The summed E-state index contributed by atoms with van der Waals surface area (Å²) in [6, 6.07) is 0. The Hall–Kier alpha value is -0.770. The zero-order valence-corrected chi connectivity index (χ0v) is 10.8. The van der Waals surface area contributed by atoms with Gasteiger partial charge in [-0.05, 0) is 38.0 Å². The minimum atomic E-state index is -0.459. The first-order chi connectivity index (χ1) is 7.18. The fraction of sp³-hybridized carbons (Fsp3) is 0.917. The number of alkyl carbamates (subject to hydrolysis) is 1. The van der Waals surface area contributed by atoms with Crippen LogP contribution in [-0.4, -0.2) is 30.0 Å². The number of rotatable bonds is 3. The SMILES string of the molecule is CC(C)(C)OC(=O)NC[C@@H]1[C@@H](CO)C1(C)C. The number of amides is 1. The van der Waals surface area contributed by atoms with Crippen molar-refractivity contribution in [3.05, 3.63) is 0 Å². The van der Waals surface area contributed by atoms with Gasteiger partial charge >= 0.3 is 6.09 Å². The van der Waals surface area contributed by atoms with Gasteiger partial charge in [0.15, 0.2) is 0 Å². The Labute approximate surface area is 97.4 Å². The predicted octanol–water partition coefficient (Wildman–Crippen LogP) is 1.78. The first kappa shape index (κ1) is 13.3. The van der Waals surface area contributed by atoms with E-state index in [1.165, 1.54) is 0 Å². The van der Waals surface area contributed by atoms with Crippen molar-refractivity contribution in [1.29, 1.82) is 0 Å². The number of carbonyl (C=O) groups is 1. The second-order valence-corrected chi connectivity index (χ2v) is 6.10. The number of carbonyl (C=O) groups excluding carboxylic acids is 1. The van der Waals surface area contributed by atoms with Gasteiger partial charge in [-0.3, -0.25) is 0 Å². The van der Waals surface area contributed by atoms with Gasteiger partial charge in [0.05, 0.1) is 0 Å². The molecule has 0 saturated heterocycles. The van der Waals surface area contributed by atoms with Crippen LogP contribution in [0.5, 0.6) is 0 Å². The van der Waals surface area contributed by atoms with Gasteiger partial charge in [0, 0.05) is 13.2 Å². The fourth-order valence-corrected chi connectivity index (χ4v) is 2.13. The maximum atomic E-state index is 11.4. The van der Waals surface area contributed by atoms with E-state index in [-0.39, 0.29) is 18.1 Å². The van der Waals surface area contributed by atoms with E-state index in [1.807, 2.05) is 20.8 Å². The lowest BCUT2D eigenvalue weighted by Crippen LogP contribution is -2.34.